The largest absolute Gasteiger partial charge is 0.494 e. The number of ether oxygens (including phenoxy) is 2. The number of nitrogens with zero attached hydrogens (tertiary/aromatic N) is 5. The van der Waals surface area contributed by atoms with Crippen LogP contribution in [0.4, 0.5) is 5.95 Å². The summed E-state index contributed by atoms with van der Waals surface area (Å²) in [6.45, 7) is 3.51. The van der Waals surface area contributed by atoms with Gasteiger partial charge in [0.25, 0.3) is 11.9 Å². The molecule has 10 nitrogen and oxygen atoms in total. The van der Waals surface area contributed by atoms with Gasteiger partial charge >= 0.3 is 0 Å². The third-order valence-corrected chi connectivity index (χ3v) is 6.82. The van der Waals surface area contributed by atoms with Crippen molar-refractivity contribution in [1.29, 1.82) is 0 Å². The fraction of sp³-hybridized carbons (Fsp3) is 0.321. The average Bonchev–Trinajstić information content (AvgIpc) is 3.49. The monoisotopic (exact) mass is 547 g/mol. The number of hydrogen-bond donors (Lipinski definition) is 2. The highest BCUT2D eigenvalue weighted by atomic mass is 35.5. The maximum atomic E-state index is 12.2. The van der Waals surface area contributed by atoms with Gasteiger partial charge in [-0.25, -0.2) is 0 Å². The van der Waals surface area contributed by atoms with Crippen LogP contribution in [0.3, 0.4) is 0 Å². The number of aromatic amines is 1. The van der Waals surface area contributed by atoms with Gasteiger partial charge in [-0.05, 0) is 78.6 Å². The average molecular weight is 548 g/mol. The van der Waals surface area contributed by atoms with Gasteiger partial charge in [-0.2, -0.15) is 5.21 Å². The van der Waals surface area contributed by atoms with Gasteiger partial charge in [0.1, 0.15) is 11.9 Å². The first-order valence-corrected chi connectivity index (χ1v) is 13.3. The maximum absolute atomic E-state index is 12.2. The SMILES string of the molecule is O=C(Nc1nn[nH]n1)c1ccc(OCCCN2CCC(OC(c3ccc(Cl)cc3)c3ccccn3)CC2)cc1. The van der Waals surface area contributed by atoms with E-state index >= 15 is 0 Å². The van der Waals surface area contributed by atoms with Crippen molar-refractivity contribution in [1.82, 2.24) is 30.5 Å². The molecule has 1 unspecified atom stereocenters. The molecule has 1 amide bonds. The van der Waals surface area contributed by atoms with Gasteiger partial charge in [0.15, 0.2) is 0 Å². The van der Waals surface area contributed by atoms with Crippen molar-refractivity contribution in [3.63, 3.8) is 0 Å². The number of benzene rings is 2. The van der Waals surface area contributed by atoms with E-state index in [-0.39, 0.29) is 24.1 Å². The third kappa shape index (κ3) is 7.60. The zero-order chi connectivity index (χ0) is 26.9. The molecule has 1 saturated heterocycles. The molecule has 1 atom stereocenters. The summed E-state index contributed by atoms with van der Waals surface area (Å²) in [6.07, 6.45) is 4.58. The van der Waals surface area contributed by atoms with Gasteiger partial charge in [0.05, 0.1) is 18.4 Å². The lowest BCUT2D eigenvalue weighted by atomic mass is 10.0. The fourth-order valence-electron chi connectivity index (χ4n) is 4.52. The van der Waals surface area contributed by atoms with Crippen LogP contribution in [0.2, 0.25) is 5.02 Å². The summed E-state index contributed by atoms with van der Waals surface area (Å²) >= 11 is 6.10. The van der Waals surface area contributed by atoms with Crippen LogP contribution in [-0.2, 0) is 4.74 Å². The lowest BCUT2D eigenvalue weighted by molar-refractivity contribution is -0.0288. The lowest BCUT2D eigenvalue weighted by Gasteiger charge is -2.34. The molecule has 2 aromatic heterocycles. The molecule has 0 aliphatic carbocycles. The molecule has 5 rings (SSSR count). The van der Waals surface area contributed by atoms with Crippen molar-refractivity contribution in [3.05, 3.63) is 94.8 Å². The van der Waals surface area contributed by atoms with E-state index in [1.807, 2.05) is 42.5 Å². The number of tetrazole rings is 1. The molecule has 2 aromatic carbocycles. The standard InChI is InChI=1S/C28H30ClN7O3/c29-22-9-5-20(6-10-22)26(25-4-1-2-15-30-25)39-24-13-17-36(18-14-24)16-3-19-38-23-11-7-21(8-12-23)27(37)31-28-32-34-35-33-28/h1-2,4-12,15,24,26H,3,13-14,16-19H2,(H2,31,32,33,34,35,37). The minimum Gasteiger partial charge on any atom is -0.494 e. The van der Waals surface area contributed by atoms with Gasteiger partial charge in [0, 0.05) is 36.4 Å². The minimum atomic E-state index is -0.310. The molecule has 0 spiro atoms. The van der Waals surface area contributed by atoms with Crippen LogP contribution in [0, 0.1) is 0 Å². The first kappa shape index (κ1) is 26.7. The Kier molecular flexibility index (Phi) is 9.10. The second-order valence-electron chi connectivity index (χ2n) is 9.28. The predicted molar refractivity (Wildman–Crippen MR) is 147 cm³/mol. The van der Waals surface area contributed by atoms with Gasteiger partial charge in [-0.15, -0.1) is 5.10 Å². The number of amides is 1. The molecule has 0 saturated carbocycles. The quantitative estimate of drug-likeness (QED) is 0.263. The summed E-state index contributed by atoms with van der Waals surface area (Å²) in [5, 5.41) is 16.4. The summed E-state index contributed by atoms with van der Waals surface area (Å²) in [4.78, 5) is 19.2. The molecule has 202 valence electrons. The summed E-state index contributed by atoms with van der Waals surface area (Å²) in [7, 11) is 0. The topological polar surface area (TPSA) is 118 Å². The van der Waals surface area contributed by atoms with E-state index < -0.39 is 0 Å². The van der Waals surface area contributed by atoms with E-state index in [2.05, 4.69) is 35.8 Å². The van der Waals surface area contributed by atoms with E-state index in [4.69, 9.17) is 21.1 Å². The molecule has 0 radical (unpaired) electrons. The molecule has 4 aromatic rings. The van der Waals surface area contributed by atoms with Crippen molar-refractivity contribution in [2.75, 3.05) is 31.6 Å². The molecule has 1 aliphatic heterocycles. The second kappa shape index (κ2) is 13.3. The number of anilines is 1. The van der Waals surface area contributed by atoms with Gasteiger partial charge in [0.2, 0.25) is 0 Å². The molecule has 1 aliphatic rings. The number of carbonyl (C=O) groups excluding carboxylic acids is 1. The Morgan fingerprint density at radius 2 is 1.87 bits per heavy atom. The number of H-pyrrole nitrogens is 1. The molecule has 39 heavy (non-hydrogen) atoms. The predicted octanol–water partition coefficient (Wildman–Crippen LogP) is 4.54. The number of pyridine rings is 1. The Balaban J connectivity index is 1.04. The van der Waals surface area contributed by atoms with Crippen LogP contribution in [0.25, 0.3) is 0 Å². The number of halogens is 1. The molecule has 11 heteroatoms. The number of aromatic nitrogens is 5. The summed E-state index contributed by atoms with van der Waals surface area (Å²) in [5.74, 6) is 0.543. The van der Waals surface area contributed by atoms with Crippen LogP contribution in [0.1, 0.15) is 47.0 Å². The Bertz CT molecular complexity index is 1300. The number of carbonyl (C=O) groups is 1. The normalized spacial score (nSPS) is 15.1. The van der Waals surface area contributed by atoms with E-state index in [9.17, 15) is 4.79 Å². The highest BCUT2D eigenvalue weighted by Crippen LogP contribution is 2.29. The molecule has 1 fully saturated rings. The number of likely N-dealkylation sites (tertiary alicyclic amines) is 1. The summed E-state index contributed by atoms with van der Waals surface area (Å²) in [6, 6.07) is 20.7. The first-order chi connectivity index (χ1) is 19.1. The Morgan fingerprint density at radius 3 is 2.56 bits per heavy atom. The molecular formula is C28H30ClN7O3. The first-order valence-electron chi connectivity index (χ1n) is 13.0. The van der Waals surface area contributed by atoms with Crippen molar-refractivity contribution in [2.24, 2.45) is 0 Å². The number of rotatable bonds is 11. The molecule has 2 N–H and O–H groups in total. The highest BCUT2D eigenvalue weighted by Gasteiger charge is 2.25. The Morgan fingerprint density at radius 1 is 1.08 bits per heavy atom. The maximum Gasteiger partial charge on any atom is 0.270 e. The molecular weight excluding hydrogens is 518 g/mol. The number of nitrogens with one attached hydrogen (secondary N) is 2. The lowest BCUT2D eigenvalue weighted by Crippen LogP contribution is -2.38. The minimum absolute atomic E-state index is 0.130. The van der Waals surface area contributed by atoms with Crippen LogP contribution in [0.5, 0.6) is 5.75 Å². The van der Waals surface area contributed by atoms with Crippen LogP contribution in [0.15, 0.2) is 72.9 Å². The molecule has 0 bridgehead atoms. The fourth-order valence-corrected chi connectivity index (χ4v) is 4.64. The smallest absolute Gasteiger partial charge is 0.270 e. The zero-order valence-electron chi connectivity index (χ0n) is 21.4. The number of piperidine rings is 1. The second-order valence-corrected chi connectivity index (χ2v) is 9.72. The Hall–Kier alpha value is -3.86. The summed E-state index contributed by atoms with van der Waals surface area (Å²) < 4.78 is 12.5. The van der Waals surface area contributed by atoms with Gasteiger partial charge < -0.3 is 14.4 Å². The van der Waals surface area contributed by atoms with Crippen molar-refractivity contribution in [3.8, 4) is 5.75 Å². The summed E-state index contributed by atoms with van der Waals surface area (Å²) in [5.41, 5.74) is 2.44. The van der Waals surface area contributed by atoms with Gasteiger partial charge in [-0.3, -0.25) is 15.1 Å². The van der Waals surface area contributed by atoms with Crippen molar-refractivity contribution >= 4 is 23.5 Å². The Labute approximate surface area is 231 Å². The van der Waals surface area contributed by atoms with Crippen LogP contribution >= 0.6 is 11.6 Å². The van der Waals surface area contributed by atoms with E-state index in [1.54, 1.807) is 30.5 Å². The zero-order valence-corrected chi connectivity index (χ0v) is 22.1. The van der Waals surface area contributed by atoms with Gasteiger partial charge in [-0.1, -0.05) is 34.9 Å². The molecule has 3 heterocycles. The highest BCUT2D eigenvalue weighted by molar-refractivity contribution is 6.30. The van der Waals surface area contributed by atoms with Crippen LogP contribution < -0.4 is 10.1 Å². The number of hydrogen-bond acceptors (Lipinski definition) is 8. The van der Waals surface area contributed by atoms with Crippen molar-refractivity contribution < 1.29 is 14.3 Å². The van der Waals surface area contributed by atoms with E-state index in [0.29, 0.717) is 17.2 Å². The van der Waals surface area contributed by atoms with Crippen molar-refractivity contribution in [2.45, 2.75) is 31.5 Å². The van der Waals surface area contributed by atoms with E-state index in [1.165, 1.54) is 0 Å². The third-order valence-electron chi connectivity index (χ3n) is 6.57. The van der Waals surface area contributed by atoms with E-state index in [0.717, 1.165) is 55.9 Å². The van der Waals surface area contributed by atoms with Crippen LogP contribution in [-0.4, -0.2) is 68.8 Å².